The monoisotopic (exact) mass is 333 g/mol. The molecule has 0 bridgehead atoms. The lowest BCUT2D eigenvalue weighted by molar-refractivity contribution is -0.0704. The van der Waals surface area contributed by atoms with Gasteiger partial charge in [0.15, 0.2) is 0 Å². The molecule has 2 amide bonds. The molecule has 2 rings (SSSR count). The fraction of sp³-hybridized carbons (Fsp3) is 0.632. The van der Waals surface area contributed by atoms with Gasteiger partial charge < -0.3 is 15.4 Å². The number of ether oxygens (including phenoxy) is 1. The van der Waals surface area contributed by atoms with E-state index in [2.05, 4.69) is 42.4 Å². The third kappa shape index (κ3) is 6.13. The molecule has 0 aromatic heterocycles. The highest BCUT2D eigenvalue weighted by atomic mass is 16.5. The van der Waals surface area contributed by atoms with Crippen molar-refractivity contribution in [3.05, 3.63) is 29.8 Å². The van der Waals surface area contributed by atoms with Gasteiger partial charge in [0.1, 0.15) is 0 Å². The first-order chi connectivity index (χ1) is 11.6. The summed E-state index contributed by atoms with van der Waals surface area (Å²) in [6.45, 7) is 9.76. The Morgan fingerprint density at radius 1 is 1.21 bits per heavy atom. The van der Waals surface area contributed by atoms with Crippen LogP contribution in [0.15, 0.2) is 24.3 Å². The Morgan fingerprint density at radius 2 is 1.92 bits per heavy atom. The molecule has 1 aromatic rings. The van der Waals surface area contributed by atoms with Crippen molar-refractivity contribution in [1.29, 1.82) is 0 Å². The van der Waals surface area contributed by atoms with Crippen LogP contribution in [0.1, 0.15) is 45.6 Å². The molecule has 1 fully saturated rings. The van der Waals surface area contributed by atoms with E-state index in [9.17, 15) is 4.79 Å². The number of hydrogen-bond acceptors (Lipinski definition) is 3. The maximum Gasteiger partial charge on any atom is 0.319 e. The molecule has 1 aromatic carbocycles. The van der Waals surface area contributed by atoms with Crippen molar-refractivity contribution in [2.24, 2.45) is 0 Å². The number of para-hydroxylation sites is 1. The Balaban J connectivity index is 1.91. The highest BCUT2D eigenvalue weighted by Gasteiger charge is 2.22. The van der Waals surface area contributed by atoms with Crippen LogP contribution < -0.4 is 10.6 Å². The summed E-state index contributed by atoms with van der Waals surface area (Å²) in [4.78, 5) is 14.5. The number of morpholine rings is 1. The van der Waals surface area contributed by atoms with E-state index in [1.807, 2.05) is 18.2 Å². The summed E-state index contributed by atoms with van der Waals surface area (Å²) >= 11 is 0. The summed E-state index contributed by atoms with van der Waals surface area (Å²) in [6.07, 6.45) is 3.81. The molecule has 24 heavy (non-hydrogen) atoms. The summed E-state index contributed by atoms with van der Waals surface area (Å²) in [7, 11) is 0. The Hall–Kier alpha value is -1.59. The van der Waals surface area contributed by atoms with Gasteiger partial charge in [-0.1, -0.05) is 38.0 Å². The van der Waals surface area contributed by atoms with Crippen LogP contribution in [0, 0.1) is 0 Å². The minimum atomic E-state index is -0.123. The summed E-state index contributed by atoms with van der Waals surface area (Å²) < 4.78 is 5.79. The third-order valence-electron chi connectivity index (χ3n) is 4.22. The summed E-state index contributed by atoms with van der Waals surface area (Å²) in [5.41, 5.74) is 2.03. The molecule has 1 heterocycles. The fourth-order valence-electron chi connectivity index (χ4n) is 3.18. The van der Waals surface area contributed by atoms with Crippen LogP contribution >= 0.6 is 0 Å². The highest BCUT2D eigenvalue weighted by molar-refractivity contribution is 5.90. The number of rotatable bonds is 7. The van der Waals surface area contributed by atoms with Crippen molar-refractivity contribution in [3.8, 4) is 0 Å². The predicted molar refractivity (Wildman–Crippen MR) is 98.3 cm³/mol. The molecule has 1 aliphatic heterocycles. The van der Waals surface area contributed by atoms with Crippen LogP contribution in [0.25, 0.3) is 0 Å². The van der Waals surface area contributed by atoms with Crippen molar-refractivity contribution in [3.63, 3.8) is 0 Å². The molecule has 2 N–H and O–H groups in total. The van der Waals surface area contributed by atoms with E-state index in [4.69, 9.17) is 4.74 Å². The quantitative estimate of drug-likeness (QED) is 0.750. The van der Waals surface area contributed by atoms with E-state index in [-0.39, 0.29) is 18.2 Å². The molecule has 1 aliphatic rings. The van der Waals surface area contributed by atoms with Gasteiger partial charge >= 0.3 is 6.03 Å². The average molecular weight is 333 g/mol. The molecule has 0 radical (unpaired) electrons. The standard InChI is InChI=1S/C19H31N3O2/c1-4-5-8-11-20-19(23)21-18-10-7-6-9-17(18)14-22-12-15(2)24-16(3)13-22/h6-7,9-10,15-16H,4-5,8,11-14H2,1-3H3,(H2,20,21,23). The first kappa shape index (κ1) is 18.7. The Bertz CT molecular complexity index is 511. The van der Waals surface area contributed by atoms with Gasteiger partial charge in [-0.25, -0.2) is 4.79 Å². The van der Waals surface area contributed by atoms with Crippen molar-refractivity contribution < 1.29 is 9.53 Å². The predicted octanol–water partition coefficient (Wildman–Crippen LogP) is 3.61. The zero-order valence-electron chi connectivity index (χ0n) is 15.2. The first-order valence-corrected chi connectivity index (χ1v) is 9.09. The number of benzene rings is 1. The molecule has 1 saturated heterocycles. The van der Waals surface area contributed by atoms with Gasteiger partial charge in [-0.15, -0.1) is 0 Å². The molecule has 2 unspecified atom stereocenters. The second-order valence-corrected chi connectivity index (χ2v) is 6.70. The first-order valence-electron chi connectivity index (χ1n) is 9.09. The summed E-state index contributed by atoms with van der Waals surface area (Å²) in [6, 6.07) is 7.90. The second-order valence-electron chi connectivity index (χ2n) is 6.70. The number of unbranched alkanes of at least 4 members (excludes halogenated alkanes) is 2. The number of carbonyl (C=O) groups excluding carboxylic acids is 1. The van der Waals surface area contributed by atoms with Crippen molar-refractivity contribution in [2.75, 3.05) is 25.0 Å². The van der Waals surface area contributed by atoms with E-state index < -0.39 is 0 Å². The summed E-state index contributed by atoms with van der Waals surface area (Å²) in [5.74, 6) is 0. The SMILES string of the molecule is CCCCCNC(=O)Nc1ccccc1CN1CC(C)OC(C)C1. The number of hydrogen-bond donors (Lipinski definition) is 2. The van der Waals surface area contributed by atoms with E-state index in [0.717, 1.165) is 56.7 Å². The number of carbonyl (C=O) groups is 1. The van der Waals surface area contributed by atoms with Gasteiger partial charge in [0.2, 0.25) is 0 Å². The van der Waals surface area contributed by atoms with Gasteiger partial charge in [0.25, 0.3) is 0 Å². The van der Waals surface area contributed by atoms with Crippen molar-refractivity contribution in [2.45, 2.75) is 58.8 Å². The lowest BCUT2D eigenvalue weighted by atomic mass is 10.1. The average Bonchev–Trinajstić information content (AvgIpc) is 2.52. The molecular formula is C19H31N3O2. The van der Waals surface area contributed by atoms with Crippen LogP contribution in [0.4, 0.5) is 10.5 Å². The zero-order valence-corrected chi connectivity index (χ0v) is 15.2. The molecule has 0 aliphatic carbocycles. The lowest BCUT2D eigenvalue weighted by Crippen LogP contribution is -2.45. The summed E-state index contributed by atoms with van der Waals surface area (Å²) in [5, 5.41) is 5.92. The maximum atomic E-state index is 12.1. The second kappa shape index (κ2) is 9.64. The van der Waals surface area contributed by atoms with Crippen LogP contribution in [-0.4, -0.2) is 42.8 Å². The third-order valence-corrected chi connectivity index (χ3v) is 4.22. The Morgan fingerprint density at radius 3 is 2.62 bits per heavy atom. The van der Waals surface area contributed by atoms with Crippen LogP contribution in [0.5, 0.6) is 0 Å². The van der Waals surface area contributed by atoms with E-state index >= 15 is 0 Å². The smallest absolute Gasteiger partial charge is 0.319 e. The van der Waals surface area contributed by atoms with Crippen molar-refractivity contribution >= 4 is 11.7 Å². The van der Waals surface area contributed by atoms with E-state index in [1.54, 1.807) is 0 Å². The fourth-order valence-corrected chi connectivity index (χ4v) is 3.18. The minimum absolute atomic E-state index is 0.123. The molecular weight excluding hydrogens is 302 g/mol. The number of nitrogens with zero attached hydrogens (tertiary/aromatic N) is 1. The van der Waals surface area contributed by atoms with E-state index in [1.165, 1.54) is 0 Å². The van der Waals surface area contributed by atoms with Gasteiger partial charge in [-0.2, -0.15) is 0 Å². The topological polar surface area (TPSA) is 53.6 Å². The van der Waals surface area contributed by atoms with Gasteiger partial charge in [0, 0.05) is 31.9 Å². The zero-order chi connectivity index (χ0) is 17.4. The van der Waals surface area contributed by atoms with Crippen molar-refractivity contribution in [1.82, 2.24) is 10.2 Å². The molecule has 2 atom stereocenters. The number of nitrogens with one attached hydrogen (secondary N) is 2. The number of anilines is 1. The Labute approximate surface area is 145 Å². The van der Waals surface area contributed by atoms with Crippen LogP contribution in [0.2, 0.25) is 0 Å². The largest absolute Gasteiger partial charge is 0.373 e. The minimum Gasteiger partial charge on any atom is -0.373 e. The highest BCUT2D eigenvalue weighted by Crippen LogP contribution is 2.20. The molecule has 5 nitrogen and oxygen atoms in total. The molecule has 5 heteroatoms. The van der Waals surface area contributed by atoms with Crippen LogP contribution in [0.3, 0.4) is 0 Å². The van der Waals surface area contributed by atoms with Gasteiger partial charge in [0.05, 0.1) is 12.2 Å². The molecule has 0 spiro atoms. The molecule has 134 valence electrons. The normalized spacial score (nSPS) is 21.5. The Kier molecular flexibility index (Phi) is 7.53. The number of amides is 2. The lowest BCUT2D eigenvalue weighted by Gasteiger charge is -2.35. The maximum absolute atomic E-state index is 12.1. The van der Waals surface area contributed by atoms with E-state index in [0.29, 0.717) is 0 Å². The van der Waals surface area contributed by atoms with Gasteiger partial charge in [-0.3, -0.25) is 4.90 Å². The van der Waals surface area contributed by atoms with Gasteiger partial charge in [-0.05, 0) is 31.9 Å². The number of urea groups is 1. The van der Waals surface area contributed by atoms with Crippen LogP contribution in [-0.2, 0) is 11.3 Å². The molecule has 0 saturated carbocycles.